The summed E-state index contributed by atoms with van der Waals surface area (Å²) in [4.78, 5) is 0. The van der Waals surface area contributed by atoms with Crippen molar-refractivity contribution in [1.82, 2.24) is 9.69 Å². The number of morpholine rings is 1. The number of hydrogen-bond donors (Lipinski definition) is 1. The highest BCUT2D eigenvalue weighted by atomic mass is 32.2. The van der Waals surface area contributed by atoms with E-state index in [0.717, 1.165) is 26.0 Å². The Morgan fingerprint density at radius 3 is 3.06 bits per heavy atom. The van der Waals surface area contributed by atoms with Crippen LogP contribution < -0.4 is 5.32 Å². The number of rotatable bonds is 1. The lowest BCUT2D eigenvalue weighted by Gasteiger charge is -2.46. The van der Waals surface area contributed by atoms with Crippen LogP contribution in [0.5, 0.6) is 0 Å². The van der Waals surface area contributed by atoms with Crippen molar-refractivity contribution in [3.63, 3.8) is 0 Å². The molecule has 1 aromatic heterocycles. The topological polar surface area (TPSA) is 34.2 Å². The minimum absolute atomic E-state index is 0.0340. The van der Waals surface area contributed by atoms with Crippen LogP contribution in [0, 0.1) is 0 Å². The molecule has 0 aliphatic carbocycles. The Hall–Kier alpha value is -0.100. The molecule has 5 heteroatoms. The molecule has 0 aromatic carbocycles. The van der Waals surface area contributed by atoms with Crippen molar-refractivity contribution in [2.75, 3.05) is 24.7 Å². The summed E-state index contributed by atoms with van der Waals surface area (Å²) in [5, 5.41) is 5.76. The summed E-state index contributed by atoms with van der Waals surface area (Å²) in [5.74, 6) is 2.44. The molecule has 0 radical (unpaired) electrons. The third-order valence-corrected chi connectivity index (χ3v) is 5.08. The lowest BCUT2D eigenvalue weighted by atomic mass is 9.83. The first-order valence-corrected chi connectivity index (χ1v) is 7.74. The van der Waals surface area contributed by atoms with Crippen molar-refractivity contribution in [3.8, 4) is 0 Å². The van der Waals surface area contributed by atoms with E-state index < -0.39 is 0 Å². The number of ether oxygens (including phenoxy) is 1. The molecule has 0 saturated carbocycles. The van der Waals surface area contributed by atoms with Crippen molar-refractivity contribution in [3.05, 3.63) is 17.1 Å². The maximum atomic E-state index is 6.14. The third-order valence-electron chi connectivity index (χ3n) is 3.49. The second kappa shape index (κ2) is 4.64. The van der Waals surface area contributed by atoms with Gasteiger partial charge in [0.05, 0.1) is 18.2 Å². The molecule has 0 bridgehead atoms. The summed E-state index contributed by atoms with van der Waals surface area (Å²) in [7, 11) is 0. The molecule has 1 unspecified atom stereocenters. The predicted octanol–water partition coefficient (Wildman–Crippen LogP) is 2.07. The highest BCUT2D eigenvalue weighted by molar-refractivity contribution is 7.99. The Labute approximate surface area is 104 Å². The van der Waals surface area contributed by atoms with Crippen LogP contribution in [0.2, 0.25) is 0 Å². The molecule has 3 heterocycles. The Kier molecular flexibility index (Phi) is 3.20. The fourth-order valence-electron chi connectivity index (χ4n) is 2.65. The second-order valence-electron chi connectivity index (χ2n) is 4.37. The van der Waals surface area contributed by atoms with Crippen LogP contribution >= 0.6 is 23.3 Å². The standard InChI is InChI=1S/C11H16N2OS2/c1-5-15-6-2-11(1)10(12-3-4-14-11)9-7-13-16-8-9/h7-8,10,12H,1-6H2. The number of nitrogens with one attached hydrogen (secondary N) is 1. The highest BCUT2D eigenvalue weighted by Crippen LogP contribution is 2.42. The van der Waals surface area contributed by atoms with Gasteiger partial charge in [0.2, 0.25) is 0 Å². The number of aromatic nitrogens is 1. The van der Waals surface area contributed by atoms with E-state index in [4.69, 9.17) is 4.74 Å². The van der Waals surface area contributed by atoms with Gasteiger partial charge >= 0.3 is 0 Å². The Morgan fingerprint density at radius 2 is 2.31 bits per heavy atom. The molecule has 88 valence electrons. The van der Waals surface area contributed by atoms with E-state index in [2.05, 4.69) is 15.1 Å². The second-order valence-corrected chi connectivity index (χ2v) is 6.25. The zero-order valence-corrected chi connectivity index (χ0v) is 10.8. The molecule has 2 aliphatic rings. The van der Waals surface area contributed by atoms with Gasteiger partial charge in [-0.1, -0.05) is 0 Å². The van der Waals surface area contributed by atoms with E-state index in [1.54, 1.807) is 0 Å². The lowest BCUT2D eigenvalue weighted by molar-refractivity contribution is -0.103. The van der Waals surface area contributed by atoms with Crippen molar-refractivity contribution < 1.29 is 4.74 Å². The molecule has 1 spiro atoms. The van der Waals surface area contributed by atoms with E-state index in [9.17, 15) is 0 Å². The SMILES string of the molecule is c1nscc1C1NCCOC12CCSCC2. The van der Waals surface area contributed by atoms with Gasteiger partial charge in [0.15, 0.2) is 0 Å². The van der Waals surface area contributed by atoms with Gasteiger partial charge in [-0.2, -0.15) is 11.8 Å². The molecule has 0 amide bonds. The zero-order chi connectivity index (χ0) is 10.8. The maximum absolute atomic E-state index is 6.14. The van der Waals surface area contributed by atoms with Crippen molar-refractivity contribution in [2.45, 2.75) is 24.5 Å². The fourth-order valence-corrected chi connectivity index (χ4v) is 4.40. The summed E-state index contributed by atoms with van der Waals surface area (Å²) >= 11 is 3.57. The summed E-state index contributed by atoms with van der Waals surface area (Å²) in [6.07, 6.45) is 4.30. The molecular weight excluding hydrogens is 240 g/mol. The van der Waals surface area contributed by atoms with Gasteiger partial charge < -0.3 is 10.1 Å². The molecule has 2 saturated heterocycles. The smallest absolute Gasteiger partial charge is 0.0893 e. The van der Waals surface area contributed by atoms with Crippen LogP contribution in [0.3, 0.4) is 0 Å². The van der Waals surface area contributed by atoms with Gasteiger partial charge in [-0.3, -0.25) is 0 Å². The zero-order valence-electron chi connectivity index (χ0n) is 9.15. The Morgan fingerprint density at radius 1 is 1.44 bits per heavy atom. The molecule has 1 atom stereocenters. The normalized spacial score (nSPS) is 29.4. The van der Waals surface area contributed by atoms with E-state index >= 15 is 0 Å². The molecule has 16 heavy (non-hydrogen) atoms. The van der Waals surface area contributed by atoms with E-state index in [0.29, 0.717) is 6.04 Å². The quantitative estimate of drug-likeness (QED) is 0.834. The first kappa shape index (κ1) is 11.0. The molecule has 2 fully saturated rings. The lowest BCUT2D eigenvalue weighted by Crippen LogP contribution is -2.53. The minimum Gasteiger partial charge on any atom is -0.372 e. The van der Waals surface area contributed by atoms with Gasteiger partial charge in [0, 0.05) is 23.7 Å². The number of nitrogens with zero attached hydrogens (tertiary/aromatic N) is 1. The van der Waals surface area contributed by atoms with Gasteiger partial charge in [0.25, 0.3) is 0 Å². The average molecular weight is 256 g/mol. The van der Waals surface area contributed by atoms with Crippen LogP contribution in [0.1, 0.15) is 24.4 Å². The van der Waals surface area contributed by atoms with Crippen molar-refractivity contribution in [2.24, 2.45) is 0 Å². The molecule has 2 aliphatic heterocycles. The first-order chi connectivity index (χ1) is 7.91. The van der Waals surface area contributed by atoms with Crippen LogP contribution in [0.4, 0.5) is 0 Å². The molecular formula is C11H16N2OS2. The molecule has 3 nitrogen and oxygen atoms in total. The number of hydrogen-bond acceptors (Lipinski definition) is 5. The molecule has 1 aromatic rings. The van der Waals surface area contributed by atoms with E-state index in [1.807, 2.05) is 18.0 Å². The van der Waals surface area contributed by atoms with Crippen LogP contribution in [0.15, 0.2) is 11.6 Å². The summed E-state index contributed by atoms with van der Waals surface area (Å²) < 4.78 is 10.4. The highest BCUT2D eigenvalue weighted by Gasteiger charge is 2.44. The maximum Gasteiger partial charge on any atom is 0.0893 e. The van der Waals surface area contributed by atoms with E-state index in [1.165, 1.54) is 28.6 Å². The molecule has 1 N–H and O–H groups in total. The van der Waals surface area contributed by atoms with E-state index in [-0.39, 0.29) is 5.60 Å². The summed E-state index contributed by atoms with van der Waals surface area (Å²) in [6, 6.07) is 0.348. The number of thioether (sulfide) groups is 1. The minimum atomic E-state index is 0.0340. The van der Waals surface area contributed by atoms with Gasteiger partial charge in [-0.25, -0.2) is 4.37 Å². The third kappa shape index (κ3) is 1.90. The fraction of sp³-hybridized carbons (Fsp3) is 0.727. The van der Waals surface area contributed by atoms with Crippen molar-refractivity contribution >= 4 is 23.3 Å². The van der Waals surface area contributed by atoms with Crippen molar-refractivity contribution in [1.29, 1.82) is 0 Å². The Balaban J connectivity index is 1.88. The van der Waals surface area contributed by atoms with Gasteiger partial charge in [0.1, 0.15) is 0 Å². The Bertz CT molecular complexity index is 327. The molecule has 3 rings (SSSR count). The van der Waals surface area contributed by atoms with Crippen LogP contribution in [0.25, 0.3) is 0 Å². The van der Waals surface area contributed by atoms with Crippen LogP contribution in [-0.2, 0) is 4.74 Å². The predicted molar refractivity (Wildman–Crippen MR) is 68.1 cm³/mol. The summed E-state index contributed by atoms with van der Waals surface area (Å²) in [6.45, 7) is 1.80. The average Bonchev–Trinajstić information content (AvgIpc) is 2.84. The monoisotopic (exact) mass is 256 g/mol. The first-order valence-electron chi connectivity index (χ1n) is 5.75. The van der Waals surface area contributed by atoms with Crippen LogP contribution in [-0.4, -0.2) is 34.6 Å². The summed E-state index contributed by atoms with van der Waals surface area (Å²) in [5.41, 5.74) is 1.34. The van der Waals surface area contributed by atoms with Gasteiger partial charge in [-0.05, 0) is 35.9 Å². The van der Waals surface area contributed by atoms with Gasteiger partial charge in [-0.15, -0.1) is 0 Å². The largest absolute Gasteiger partial charge is 0.372 e.